The van der Waals surface area contributed by atoms with Crippen LogP contribution in [0.15, 0.2) is 29.4 Å². The van der Waals surface area contributed by atoms with Gasteiger partial charge in [0.1, 0.15) is 0 Å². The number of carbonyl (C=O) groups is 1. The van der Waals surface area contributed by atoms with Gasteiger partial charge in [-0.05, 0) is 28.3 Å². The largest absolute Gasteiger partial charge is 0.281 e. The van der Waals surface area contributed by atoms with Gasteiger partial charge in [0.2, 0.25) is 10.3 Å². The second-order valence-electron chi connectivity index (χ2n) is 3.28. The van der Waals surface area contributed by atoms with Gasteiger partial charge < -0.3 is 0 Å². The molecule has 0 spiro atoms. The van der Waals surface area contributed by atoms with E-state index in [1.54, 1.807) is 7.05 Å². The number of nitro groups is 1. The molecule has 2 rings (SSSR count). The minimum atomic E-state index is -0.550. The molecule has 9 heteroatoms. The summed E-state index contributed by atoms with van der Waals surface area (Å²) in [5.41, 5.74) is 0.106. The van der Waals surface area contributed by atoms with E-state index in [1.807, 2.05) is 0 Å². The van der Waals surface area contributed by atoms with Crippen LogP contribution in [0.5, 0.6) is 0 Å². The minimum absolute atomic E-state index is 0.127. The molecule has 0 saturated heterocycles. The number of tetrazole rings is 1. The molecule has 0 aliphatic rings. The molecule has 18 heavy (non-hydrogen) atoms. The van der Waals surface area contributed by atoms with Gasteiger partial charge in [-0.2, -0.15) is 0 Å². The fourth-order valence-electron chi connectivity index (χ4n) is 1.20. The molecule has 0 radical (unpaired) electrons. The van der Waals surface area contributed by atoms with Crippen molar-refractivity contribution in [3.05, 3.63) is 39.9 Å². The molecule has 0 saturated carbocycles. The third kappa shape index (κ3) is 2.51. The predicted octanol–water partition coefficient (Wildman–Crippen LogP) is 1.05. The normalized spacial score (nSPS) is 10.3. The second kappa shape index (κ2) is 4.92. The highest BCUT2D eigenvalue weighted by Gasteiger charge is 2.15. The van der Waals surface area contributed by atoms with Crippen LogP contribution in [0.1, 0.15) is 10.4 Å². The lowest BCUT2D eigenvalue weighted by molar-refractivity contribution is -0.384. The van der Waals surface area contributed by atoms with E-state index in [1.165, 1.54) is 28.9 Å². The Hall–Kier alpha value is -2.29. The maximum atomic E-state index is 11.9. The van der Waals surface area contributed by atoms with Crippen molar-refractivity contribution in [2.45, 2.75) is 5.16 Å². The lowest BCUT2D eigenvalue weighted by Crippen LogP contribution is -1.99. The number of nitro benzene ring substituents is 1. The van der Waals surface area contributed by atoms with Crippen molar-refractivity contribution < 1.29 is 9.72 Å². The molecule has 0 atom stereocenters. The van der Waals surface area contributed by atoms with Crippen LogP contribution in [0.2, 0.25) is 0 Å². The Morgan fingerprint density at radius 3 is 2.89 bits per heavy atom. The monoisotopic (exact) mass is 265 g/mol. The molecule has 8 nitrogen and oxygen atoms in total. The van der Waals surface area contributed by atoms with Crippen molar-refractivity contribution in [3.63, 3.8) is 0 Å². The first kappa shape index (κ1) is 12.2. The van der Waals surface area contributed by atoms with Gasteiger partial charge in [-0.25, -0.2) is 4.68 Å². The zero-order valence-electron chi connectivity index (χ0n) is 9.18. The Morgan fingerprint density at radius 2 is 2.28 bits per heavy atom. The molecule has 1 aromatic carbocycles. The molecule has 0 aliphatic heterocycles. The summed E-state index contributed by atoms with van der Waals surface area (Å²) in [6.07, 6.45) is 0. The number of benzene rings is 1. The van der Waals surface area contributed by atoms with Crippen LogP contribution in [-0.2, 0) is 7.05 Å². The first-order chi connectivity index (χ1) is 8.58. The topological polar surface area (TPSA) is 104 Å². The molecule has 0 aliphatic carbocycles. The molecular formula is C9H7N5O3S. The molecule has 0 bridgehead atoms. The Kier molecular flexibility index (Phi) is 3.33. The molecule has 0 fully saturated rings. The highest BCUT2D eigenvalue weighted by molar-refractivity contribution is 8.14. The highest BCUT2D eigenvalue weighted by atomic mass is 32.2. The van der Waals surface area contributed by atoms with Crippen LogP contribution < -0.4 is 0 Å². The standard InChI is InChI=1S/C9H7N5O3S/c1-13-9(10-11-12-13)18-8(15)6-3-2-4-7(5-6)14(16)17/h2-5H,1H3. The molecule has 0 unspecified atom stereocenters. The molecule has 0 N–H and O–H groups in total. The average Bonchev–Trinajstić information content (AvgIpc) is 2.75. The fourth-order valence-corrected chi connectivity index (χ4v) is 1.85. The number of hydrogen-bond donors (Lipinski definition) is 0. The first-order valence-corrected chi connectivity index (χ1v) is 5.58. The smallest absolute Gasteiger partial charge is 0.270 e. The van der Waals surface area contributed by atoms with E-state index in [9.17, 15) is 14.9 Å². The lowest BCUT2D eigenvalue weighted by atomic mass is 10.2. The van der Waals surface area contributed by atoms with Crippen LogP contribution in [-0.4, -0.2) is 30.2 Å². The van der Waals surface area contributed by atoms with E-state index >= 15 is 0 Å². The Balaban J connectivity index is 2.21. The van der Waals surface area contributed by atoms with Crippen LogP contribution in [0, 0.1) is 10.1 Å². The summed E-state index contributed by atoms with van der Waals surface area (Å²) in [4.78, 5) is 21.9. The van der Waals surface area contributed by atoms with E-state index in [0.717, 1.165) is 11.8 Å². The van der Waals surface area contributed by atoms with E-state index in [4.69, 9.17) is 0 Å². The van der Waals surface area contributed by atoms with E-state index < -0.39 is 4.92 Å². The summed E-state index contributed by atoms with van der Waals surface area (Å²) in [6.45, 7) is 0. The summed E-state index contributed by atoms with van der Waals surface area (Å²) in [5.74, 6) is 0. The SMILES string of the molecule is Cn1nnnc1SC(=O)c1cccc([N+](=O)[O-])c1. The number of non-ortho nitro benzene ring substituents is 1. The number of rotatable bonds is 3. The van der Waals surface area contributed by atoms with Gasteiger partial charge in [-0.1, -0.05) is 6.07 Å². The van der Waals surface area contributed by atoms with E-state index in [-0.39, 0.29) is 16.4 Å². The molecule has 0 amide bonds. The maximum absolute atomic E-state index is 11.9. The average molecular weight is 265 g/mol. The van der Waals surface area contributed by atoms with Crippen LogP contribution >= 0.6 is 11.8 Å². The lowest BCUT2D eigenvalue weighted by Gasteiger charge is -1.99. The Morgan fingerprint density at radius 1 is 1.50 bits per heavy atom. The number of aromatic nitrogens is 4. The van der Waals surface area contributed by atoms with Crippen molar-refractivity contribution in [3.8, 4) is 0 Å². The van der Waals surface area contributed by atoms with Gasteiger partial charge in [0, 0.05) is 24.7 Å². The third-order valence-electron chi connectivity index (χ3n) is 2.06. The number of hydrogen-bond acceptors (Lipinski definition) is 7. The first-order valence-electron chi connectivity index (χ1n) is 4.77. The molecule has 1 heterocycles. The third-order valence-corrected chi connectivity index (χ3v) is 3.01. The van der Waals surface area contributed by atoms with Gasteiger partial charge in [0.05, 0.1) is 4.92 Å². The van der Waals surface area contributed by atoms with Crippen LogP contribution in [0.3, 0.4) is 0 Å². The summed E-state index contributed by atoms with van der Waals surface area (Å²) >= 11 is 0.816. The number of thioether (sulfide) groups is 1. The molecular weight excluding hydrogens is 258 g/mol. The number of carbonyl (C=O) groups excluding carboxylic acids is 1. The molecule has 92 valence electrons. The summed E-state index contributed by atoms with van der Waals surface area (Å²) in [7, 11) is 1.60. The van der Waals surface area contributed by atoms with Crippen LogP contribution in [0.25, 0.3) is 0 Å². The quantitative estimate of drug-likeness (QED) is 0.464. The van der Waals surface area contributed by atoms with Crippen molar-refractivity contribution in [2.24, 2.45) is 7.05 Å². The number of aryl methyl sites for hydroxylation is 1. The summed E-state index contributed by atoms with van der Waals surface area (Å²) in [5, 5.41) is 21.2. The zero-order valence-corrected chi connectivity index (χ0v) is 9.99. The van der Waals surface area contributed by atoms with Crippen LogP contribution in [0.4, 0.5) is 5.69 Å². The van der Waals surface area contributed by atoms with Gasteiger partial charge in [-0.15, -0.1) is 5.10 Å². The van der Waals surface area contributed by atoms with Gasteiger partial charge in [-0.3, -0.25) is 14.9 Å². The summed E-state index contributed by atoms with van der Waals surface area (Å²) < 4.78 is 1.35. The van der Waals surface area contributed by atoms with E-state index in [2.05, 4.69) is 15.5 Å². The molecule has 1 aromatic heterocycles. The molecule has 2 aromatic rings. The summed E-state index contributed by atoms with van der Waals surface area (Å²) in [6, 6.07) is 5.51. The minimum Gasteiger partial charge on any atom is -0.281 e. The van der Waals surface area contributed by atoms with Crippen molar-refractivity contribution in [1.29, 1.82) is 0 Å². The van der Waals surface area contributed by atoms with E-state index in [0.29, 0.717) is 5.16 Å². The van der Waals surface area contributed by atoms with Crippen molar-refractivity contribution in [1.82, 2.24) is 20.2 Å². The Bertz CT molecular complexity index is 612. The zero-order chi connectivity index (χ0) is 13.1. The van der Waals surface area contributed by atoms with Crippen molar-refractivity contribution >= 4 is 22.6 Å². The second-order valence-corrected chi connectivity index (χ2v) is 4.22. The van der Waals surface area contributed by atoms with Gasteiger partial charge in [0.15, 0.2) is 0 Å². The van der Waals surface area contributed by atoms with Gasteiger partial charge in [0.25, 0.3) is 5.69 Å². The van der Waals surface area contributed by atoms with Crippen molar-refractivity contribution in [2.75, 3.05) is 0 Å². The fraction of sp³-hybridized carbons (Fsp3) is 0.111. The Labute approximate surface area is 105 Å². The number of nitrogens with zero attached hydrogens (tertiary/aromatic N) is 5. The highest BCUT2D eigenvalue weighted by Crippen LogP contribution is 2.22. The maximum Gasteiger partial charge on any atom is 0.270 e. The van der Waals surface area contributed by atoms with Gasteiger partial charge >= 0.3 is 0 Å². The predicted molar refractivity (Wildman–Crippen MR) is 62.1 cm³/mol.